The molecule has 1 N–H and O–H groups in total. The Bertz CT molecular complexity index is 1260. The van der Waals surface area contributed by atoms with Crippen LogP contribution in [-0.4, -0.2) is 56.2 Å². The summed E-state index contributed by atoms with van der Waals surface area (Å²) < 4.78 is 36.7. The molecule has 1 aliphatic rings. The average Bonchev–Trinajstić information content (AvgIpc) is 2.91. The molecule has 3 aromatic carbocycles. The minimum atomic E-state index is -0.463. The van der Waals surface area contributed by atoms with Crippen molar-refractivity contribution in [3.63, 3.8) is 0 Å². The highest BCUT2D eigenvalue weighted by Gasteiger charge is 2.19. The number of anilines is 1. The molecule has 0 atom stereocenters. The van der Waals surface area contributed by atoms with E-state index >= 15 is 0 Å². The summed E-state index contributed by atoms with van der Waals surface area (Å²) in [4.78, 5) is 27.3. The third kappa shape index (κ3) is 7.84. The first kappa shape index (κ1) is 27.2. The number of carbonyl (C=O) groups excluding carboxylic acids is 2. The molecular weight excluding hydrogens is 515 g/mol. The Morgan fingerprint density at radius 1 is 1.00 bits per heavy atom. The minimum absolute atomic E-state index is 0.117. The fourth-order valence-corrected chi connectivity index (χ4v) is 3.90. The van der Waals surface area contributed by atoms with Gasteiger partial charge in [0, 0.05) is 18.0 Å². The number of ether oxygens (including phenoxy) is 4. The molecule has 3 aromatic rings. The largest absolute Gasteiger partial charge is 0.491 e. The zero-order valence-corrected chi connectivity index (χ0v) is 21.4. The van der Waals surface area contributed by atoms with Crippen LogP contribution in [0.3, 0.4) is 0 Å². The Kier molecular flexibility index (Phi) is 9.77. The number of carbonyl (C=O) groups is 2. The predicted octanol–water partition coefficient (Wildman–Crippen LogP) is 5.31. The molecule has 8 nitrogen and oxygen atoms in total. The lowest BCUT2D eigenvalue weighted by atomic mass is 10.2. The third-order valence-electron chi connectivity index (χ3n) is 5.59. The average molecular weight is 543 g/mol. The third-order valence-corrected chi connectivity index (χ3v) is 5.83. The standard InChI is InChI=1S/C28H28ClFN2O6/c29-20-11-12-24-22(18-20)31-27(33)19-32(28(34)10-5-14-36-23-7-2-1-6-21(23)30)13-15-35-16-17-37-25-8-3-4-9-26(25)38-24/h1-4,6-9,11-12,18H,5,10,13-17,19H2,(H,31,33). The summed E-state index contributed by atoms with van der Waals surface area (Å²) in [5, 5.41) is 3.20. The van der Waals surface area contributed by atoms with Gasteiger partial charge in [0.05, 0.1) is 32.1 Å². The summed E-state index contributed by atoms with van der Waals surface area (Å²) in [5.41, 5.74) is 0.356. The Balaban J connectivity index is 1.43. The summed E-state index contributed by atoms with van der Waals surface area (Å²) in [7, 11) is 0. The molecule has 4 rings (SSSR count). The monoisotopic (exact) mass is 542 g/mol. The lowest BCUT2D eigenvalue weighted by Crippen LogP contribution is -2.40. The zero-order valence-electron chi connectivity index (χ0n) is 20.7. The number of nitrogens with one attached hydrogen (secondary N) is 1. The van der Waals surface area contributed by atoms with Crippen LogP contribution in [0.2, 0.25) is 5.02 Å². The van der Waals surface area contributed by atoms with Crippen LogP contribution < -0.4 is 19.5 Å². The van der Waals surface area contributed by atoms with Crippen LogP contribution >= 0.6 is 11.6 Å². The van der Waals surface area contributed by atoms with Crippen LogP contribution in [0.1, 0.15) is 12.8 Å². The van der Waals surface area contributed by atoms with Crippen molar-refractivity contribution >= 4 is 29.1 Å². The van der Waals surface area contributed by atoms with Crippen LogP contribution in [0.25, 0.3) is 0 Å². The van der Waals surface area contributed by atoms with E-state index < -0.39 is 11.7 Å². The quantitative estimate of drug-likeness (QED) is 0.440. The van der Waals surface area contributed by atoms with Gasteiger partial charge in [-0.3, -0.25) is 9.59 Å². The maximum atomic E-state index is 13.7. The molecule has 0 bridgehead atoms. The molecule has 0 unspecified atom stereocenters. The van der Waals surface area contributed by atoms with E-state index in [9.17, 15) is 14.0 Å². The highest BCUT2D eigenvalue weighted by molar-refractivity contribution is 6.31. The Hall–Kier alpha value is -3.82. The van der Waals surface area contributed by atoms with Gasteiger partial charge in [-0.25, -0.2) is 4.39 Å². The topological polar surface area (TPSA) is 86.3 Å². The number of benzene rings is 3. The molecule has 2 amide bonds. The van der Waals surface area contributed by atoms with E-state index in [1.165, 1.54) is 17.0 Å². The van der Waals surface area contributed by atoms with E-state index in [4.69, 9.17) is 30.5 Å². The second-order valence-corrected chi connectivity index (χ2v) is 8.83. The van der Waals surface area contributed by atoms with E-state index in [-0.39, 0.29) is 57.6 Å². The van der Waals surface area contributed by atoms with Crippen LogP contribution in [0, 0.1) is 5.82 Å². The normalized spacial score (nSPS) is 14.5. The van der Waals surface area contributed by atoms with Gasteiger partial charge in [0.1, 0.15) is 6.61 Å². The van der Waals surface area contributed by atoms with Crippen molar-refractivity contribution in [3.05, 3.63) is 77.6 Å². The molecule has 38 heavy (non-hydrogen) atoms. The van der Waals surface area contributed by atoms with Crippen LogP contribution in [0.4, 0.5) is 10.1 Å². The number of nitrogens with zero attached hydrogens (tertiary/aromatic N) is 1. The van der Waals surface area contributed by atoms with Crippen molar-refractivity contribution in [2.45, 2.75) is 12.8 Å². The fourth-order valence-electron chi connectivity index (χ4n) is 3.73. The fraction of sp³-hybridized carbons (Fsp3) is 0.286. The molecule has 1 heterocycles. The molecule has 0 saturated carbocycles. The summed E-state index contributed by atoms with van der Waals surface area (Å²) in [6.45, 7) is 0.932. The van der Waals surface area contributed by atoms with E-state index in [0.29, 0.717) is 34.4 Å². The SMILES string of the molecule is O=C1CN(C(=O)CCCOc2ccccc2F)CCOCCOc2ccccc2Oc2ccc(Cl)cc2N1. The number of hydrogen-bond donors (Lipinski definition) is 1. The van der Waals surface area contributed by atoms with Gasteiger partial charge in [0.2, 0.25) is 11.8 Å². The number of hydrogen-bond acceptors (Lipinski definition) is 6. The van der Waals surface area contributed by atoms with E-state index in [0.717, 1.165) is 0 Å². The van der Waals surface area contributed by atoms with Crippen molar-refractivity contribution in [1.29, 1.82) is 0 Å². The molecular formula is C28H28ClFN2O6. The van der Waals surface area contributed by atoms with Crippen LogP contribution in [0.15, 0.2) is 66.7 Å². The van der Waals surface area contributed by atoms with Crippen molar-refractivity contribution < 1.29 is 32.9 Å². The smallest absolute Gasteiger partial charge is 0.244 e. The number of fused-ring (bicyclic) bond motifs is 2. The lowest BCUT2D eigenvalue weighted by Gasteiger charge is -2.22. The Labute approximate surface area is 225 Å². The first-order valence-corrected chi connectivity index (χ1v) is 12.6. The van der Waals surface area contributed by atoms with Crippen molar-refractivity contribution in [1.82, 2.24) is 4.90 Å². The van der Waals surface area contributed by atoms with Gasteiger partial charge in [-0.05, 0) is 48.9 Å². The van der Waals surface area contributed by atoms with Crippen LogP contribution in [0.5, 0.6) is 23.0 Å². The van der Waals surface area contributed by atoms with Crippen LogP contribution in [-0.2, 0) is 14.3 Å². The molecule has 200 valence electrons. The predicted molar refractivity (Wildman–Crippen MR) is 141 cm³/mol. The second kappa shape index (κ2) is 13.6. The lowest BCUT2D eigenvalue weighted by molar-refractivity contribution is -0.135. The van der Waals surface area contributed by atoms with Crippen molar-refractivity contribution in [2.24, 2.45) is 0 Å². The summed E-state index contributed by atoms with van der Waals surface area (Å²) in [5.74, 6) is 0.347. The highest BCUT2D eigenvalue weighted by Crippen LogP contribution is 2.36. The Morgan fingerprint density at radius 2 is 1.79 bits per heavy atom. The van der Waals surface area contributed by atoms with Gasteiger partial charge < -0.3 is 29.2 Å². The van der Waals surface area contributed by atoms with E-state index in [2.05, 4.69) is 5.32 Å². The summed E-state index contributed by atoms with van der Waals surface area (Å²) >= 11 is 6.18. The molecule has 0 aliphatic carbocycles. The van der Waals surface area contributed by atoms with E-state index in [1.807, 2.05) is 12.1 Å². The number of rotatable bonds is 5. The second-order valence-electron chi connectivity index (χ2n) is 8.40. The van der Waals surface area contributed by atoms with Crippen molar-refractivity contribution in [3.8, 4) is 23.0 Å². The van der Waals surface area contributed by atoms with Gasteiger partial charge >= 0.3 is 0 Å². The maximum Gasteiger partial charge on any atom is 0.244 e. The molecule has 0 saturated heterocycles. The molecule has 0 fully saturated rings. The van der Waals surface area contributed by atoms with E-state index in [1.54, 1.807) is 42.5 Å². The van der Waals surface area contributed by atoms with Gasteiger partial charge in [-0.2, -0.15) is 0 Å². The first-order chi connectivity index (χ1) is 18.5. The summed E-state index contributed by atoms with van der Waals surface area (Å²) in [6, 6.07) is 18.1. The molecule has 1 aliphatic heterocycles. The van der Waals surface area contributed by atoms with Gasteiger partial charge in [0.15, 0.2) is 28.8 Å². The van der Waals surface area contributed by atoms with Gasteiger partial charge in [-0.15, -0.1) is 0 Å². The molecule has 0 spiro atoms. The van der Waals surface area contributed by atoms with Crippen molar-refractivity contribution in [2.75, 3.05) is 44.8 Å². The first-order valence-electron chi connectivity index (χ1n) is 12.2. The summed E-state index contributed by atoms with van der Waals surface area (Å²) in [6.07, 6.45) is 0.468. The number of para-hydroxylation sites is 3. The highest BCUT2D eigenvalue weighted by atomic mass is 35.5. The maximum absolute atomic E-state index is 13.7. The minimum Gasteiger partial charge on any atom is -0.491 e. The number of amides is 2. The zero-order chi connectivity index (χ0) is 26.7. The Morgan fingerprint density at radius 3 is 2.63 bits per heavy atom. The molecule has 0 aromatic heterocycles. The number of halogens is 2. The van der Waals surface area contributed by atoms with Gasteiger partial charge in [0.25, 0.3) is 0 Å². The van der Waals surface area contributed by atoms with Gasteiger partial charge in [-0.1, -0.05) is 35.9 Å². The molecule has 0 radical (unpaired) electrons. The molecule has 10 heteroatoms.